The van der Waals surface area contributed by atoms with E-state index in [4.69, 9.17) is 4.42 Å². The van der Waals surface area contributed by atoms with Gasteiger partial charge in [0.25, 0.3) is 0 Å². The zero-order chi connectivity index (χ0) is 21.8. The summed E-state index contributed by atoms with van der Waals surface area (Å²) in [7, 11) is 0. The highest BCUT2D eigenvalue weighted by Gasteiger charge is 2.08. The third-order valence-corrected chi connectivity index (χ3v) is 4.80. The van der Waals surface area contributed by atoms with Crippen molar-refractivity contribution in [3.63, 3.8) is 0 Å². The lowest BCUT2D eigenvalue weighted by atomic mass is 10.1. The summed E-state index contributed by atoms with van der Waals surface area (Å²) in [5.74, 6) is 0.711. The molecule has 4 N–H and O–H groups in total. The van der Waals surface area contributed by atoms with Crippen LogP contribution in [0.5, 0.6) is 0 Å². The average Bonchev–Trinajstić information content (AvgIpc) is 3.10. The minimum absolute atomic E-state index is 0.473. The third-order valence-electron chi connectivity index (χ3n) is 4.80. The van der Waals surface area contributed by atoms with E-state index >= 15 is 0 Å². The van der Waals surface area contributed by atoms with Gasteiger partial charge in [-0.2, -0.15) is 4.98 Å². The Morgan fingerprint density at radius 2 is 1.94 bits per heavy atom. The van der Waals surface area contributed by atoms with Crippen molar-refractivity contribution in [3.05, 3.63) is 70.3 Å². The van der Waals surface area contributed by atoms with Crippen LogP contribution in [0, 0.1) is 6.92 Å². The van der Waals surface area contributed by atoms with E-state index in [1.54, 1.807) is 12.3 Å². The molecule has 0 fully saturated rings. The van der Waals surface area contributed by atoms with Gasteiger partial charge in [-0.05, 0) is 55.8 Å². The van der Waals surface area contributed by atoms with Crippen molar-refractivity contribution in [2.75, 3.05) is 17.2 Å². The summed E-state index contributed by atoms with van der Waals surface area (Å²) in [6.07, 6.45) is 2.72. The molecule has 0 unspecified atom stereocenters. The molecular weight excluding hydrogens is 392 g/mol. The lowest BCUT2D eigenvalue weighted by Gasteiger charge is -2.12. The monoisotopic (exact) mass is 418 g/mol. The standard InChI is InChI=1S/C23H26N6O2/c1-14(2)24-10-9-16-5-4-6-17(11-16)27-22-25-13-15(3)21(29-22)26-18-7-8-20-19(12-18)28-23(30)31-20/h4-8,11-14,24H,9-10H2,1-3H3,(H,28,30)(H2,25,26,27,29). The first kappa shape index (κ1) is 20.6. The van der Waals surface area contributed by atoms with Crippen LogP contribution in [0.1, 0.15) is 25.0 Å². The Morgan fingerprint density at radius 3 is 2.77 bits per heavy atom. The first-order valence-corrected chi connectivity index (χ1v) is 10.3. The number of aromatic nitrogens is 3. The second kappa shape index (κ2) is 9.01. The highest BCUT2D eigenvalue weighted by molar-refractivity contribution is 5.78. The topological polar surface area (TPSA) is 108 Å². The van der Waals surface area contributed by atoms with Gasteiger partial charge in [-0.1, -0.05) is 26.0 Å². The van der Waals surface area contributed by atoms with E-state index in [2.05, 4.69) is 56.9 Å². The summed E-state index contributed by atoms with van der Waals surface area (Å²) < 4.78 is 5.05. The molecule has 2 heterocycles. The van der Waals surface area contributed by atoms with Crippen molar-refractivity contribution < 1.29 is 4.42 Å². The molecule has 8 heteroatoms. The molecule has 8 nitrogen and oxygen atoms in total. The number of rotatable bonds is 8. The van der Waals surface area contributed by atoms with Crippen LogP contribution in [0.4, 0.5) is 23.1 Å². The maximum Gasteiger partial charge on any atom is 0.417 e. The number of oxazole rings is 1. The van der Waals surface area contributed by atoms with Gasteiger partial charge in [-0.3, -0.25) is 4.98 Å². The minimum atomic E-state index is -0.473. The molecule has 0 saturated carbocycles. The Bertz CT molecular complexity index is 1240. The molecule has 0 aliphatic carbocycles. The molecule has 0 radical (unpaired) electrons. The fourth-order valence-corrected chi connectivity index (χ4v) is 3.23. The predicted molar refractivity (Wildman–Crippen MR) is 123 cm³/mol. The molecule has 0 saturated heterocycles. The molecule has 0 atom stereocenters. The zero-order valence-electron chi connectivity index (χ0n) is 17.8. The number of benzene rings is 2. The van der Waals surface area contributed by atoms with Gasteiger partial charge in [0.2, 0.25) is 5.95 Å². The number of anilines is 4. The largest absolute Gasteiger partial charge is 0.417 e. The van der Waals surface area contributed by atoms with Crippen LogP contribution in [0.25, 0.3) is 11.1 Å². The van der Waals surface area contributed by atoms with Crippen LogP contribution in [0.15, 0.2) is 57.9 Å². The second-order valence-electron chi connectivity index (χ2n) is 7.76. The van der Waals surface area contributed by atoms with Gasteiger partial charge in [0.05, 0.1) is 5.52 Å². The van der Waals surface area contributed by atoms with Gasteiger partial charge in [-0.15, -0.1) is 0 Å². The van der Waals surface area contributed by atoms with Crippen molar-refractivity contribution in [3.8, 4) is 0 Å². The van der Waals surface area contributed by atoms with E-state index in [1.807, 2.05) is 31.2 Å². The van der Waals surface area contributed by atoms with E-state index in [0.29, 0.717) is 28.9 Å². The zero-order valence-corrected chi connectivity index (χ0v) is 17.8. The third kappa shape index (κ3) is 5.29. The Morgan fingerprint density at radius 1 is 1.10 bits per heavy atom. The predicted octanol–water partition coefficient (Wildman–Crippen LogP) is 4.25. The summed E-state index contributed by atoms with van der Waals surface area (Å²) in [4.78, 5) is 23.1. The number of nitrogens with one attached hydrogen (secondary N) is 4. The SMILES string of the molecule is Cc1cnc(Nc2cccc(CCNC(C)C)c2)nc1Nc1ccc2oc(=O)[nH]c2c1. The normalized spacial score (nSPS) is 11.2. The molecule has 0 bridgehead atoms. The van der Waals surface area contributed by atoms with E-state index < -0.39 is 5.76 Å². The van der Waals surface area contributed by atoms with Crippen LogP contribution in [-0.2, 0) is 6.42 Å². The van der Waals surface area contributed by atoms with Gasteiger partial charge >= 0.3 is 5.76 Å². The molecule has 31 heavy (non-hydrogen) atoms. The number of hydrogen-bond acceptors (Lipinski definition) is 7. The van der Waals surface area contributed by atoms with Gasteiger partial charge in [0, 0.05) is 29.2 Å². The minimum Gasteiger partial charge on any atom is -0.408 e. The number of fused-ring (bicyclic) bond motifs is 1. The molecule has 4 rings (SSSR count). The van der Waals surface area contributed by atoms with Crippen molar-refractivity contribution in [1.29, 1.82) is 0 Å². The lowest BCUT2D eigenvalue weighted by molar-refractivity contribution is 0.555. The van der Waals surface area contributed by atoms with Crippen molar-refractivity contribution in [1.82, 2.24) is 20.3 Å². The highest BCUT2D eigenvalue weighted by atomic mass is 16.4. The van der Waals surface area contributed by atoms with Gasteiger partial charge in [0.15, 0.2) is 5.58 Å². The fourth-order valence-electron chi connectivity index (χ4n) is 3.23. The van der Waals surface area contributed by atoms with Gasteiger partial charge in [0.1, 0.15) is 5.82 Å². The summed E-state index contributed by atoms with van der Waals surface area (Å²) >= 11 is 0. The van der Waals surface area contributed by atoms with E-state index in [-0.39, 0.29) is 0 Å². The molecule has 4 aromatic rings. The first-order chi connectivity index (χ1) is 15.0. The molecule has 0 aliphatic heterocycles. The summed E-state index contributed by atoms with van der Waals surface area (Å²) in [6.45, 7) is 7.16. The van der Waals surface area contributed by atoms with E-state index in [1.165, 1.54) is 5.56 Å². The smallest absolute Gasteiger partial charge is 0.408 e. The number of aryl methyl sites for hydroxylation is 1. The molecule has 0 aliphatic rings. The maximum absolute atomic E-state index is 11.4. The van der Waals surface area contributed by atoms with E-state index in [0.717, 1.165) is 29.9 Å². The average molecular weight is 419 g/mol. The lowest BCUT2D eigenvalue weighted by Crippen LogP contribution is -2.24. The van der Waals surface area contributed by atoms with Crippen LogP contribution in [0.3, 0.4) is 0 Å². The van der Waals surface area contributed by atoms with E-state index in [9.17, 15) is 4.79 Å². The van der Waals surface area contributed by atoms with Gasteiger partial charge in [-0.25, -0.2) is 9.78 Å². The van der Waals surface area contributed by atoms with Crippen molar-refractivity contribution in [2.24, 2.45) is 0 Å². The highest BCUT2D eigenvalue weighted by Crippen LogP contribution is 2.23. The Hall–Kier alpha value is -3.65. The van der Waals surface area contributed by atoms with Crippen molar-refractivity contribution >= 4 is 34.2 Å². The Balaban J connectivity index is 1.49. The Labute approximate surface area is 180 Å². The molecule has 2 aromatic carbocycles. The first-order valence-electron chi connectivity index (χ1n) is 10.3. The van der Waals surface area contributed by atoms with Crippen LogP contribution in [0.2, 0.25) is 0 Å². The number of hydrogen-bond donors (Lipinski definition) is 4. The molecule has 160 valence electrons. The van der Waals surface area contributed by atoms with Crippen LogP contribution >= 0.6 is 0 Å². The fraction of sp³-hybridized carbons (Fsp3) is 0.261. The molecular formula is C23H26N6O2. The molecule has 2 aromatic heterocycles. The number of nitrogens with zero attached hydrogens (tertiary/aromatic N) is 2. The number of aromatic amines is 1. The maximum atomic E-state index is 11.4. The summed E-state index contributed by atoms with van der Waals surface area (Å²) in [5, 5.41) is 10.0. The van der Waals surface area contributed by atoms with Crippen LogP contribution < -0.4 is 21.7 Å². The molecule has 0 amide bonds. The summed E-state index contributed by atoms with van der Waals surface area (Å²) in [5.41, 5.74) is 5.02. The van der Waals surface area contributed by atoms with Crippen LogP contribution in [-0.4, -0.2) is 27.5 Å². The second-order valence-corrected chi connectivity index (χ2v) is 7.76. The number of H-pyrrole nitrogens is 1. The molecule has 0 spiro atoms. The Kier molecular flexibility index (Phi) is 5.99. The quantitative estimate of drug-likeness (QED) is 0.339. The van der Waals surface area contributed by atoms with Gasteiger partial charge < -0.3 is 20.4 Å². The van der Waals surface area contributed by atoms with Crippen molar-refractivity contribution in [2.45, 2.75) is 33.2 Å². The summed E-state index contributed by atoms with van der Waals surface area (Å²) in [6, 6.07) is 14.1.